The van der Waals surface area contributed by atoms with E-state index >= 15 is 0 Å². The number of oxime groups is 1. The highest BCUT2D eigenvalue weighted by Crippen LogP contribution is 2.33. The van der Waals surface area contributed by atoms with Gasteiger partial charge in [-0.1, -0.05) is 17.3 Å². The number of hydrogen-bond donors (Lipinski definition) is 1. The van der Waals surface area contributed by atoms with Crippen molar-refractivity contribution in [3.8, 4) is 5.75 Å². The van der Waals surface area contributed by atoms with Gasteiger partial charge in [-0.3, -0.25) is 0 Å². The van der Waals surface area contributed by atoms with Crippen molar-refractivity contribution in [2.45, 2.75) is 51.2 Å². The van der Waals surface area contributed by atoms with Crippen LogP contribution in [0.1, 0.15) is 44.2 Å². The Labute approximate surface area is 119 Å². The van der Waals surface area contributed by atoms with Gasteiger partial charge in [-0.2, -0.15) is 0 Å². The molecule has 1 heterocycles. The SMILES string of the molecule is CC1(C)CCC(COc2cccc3c2CC/C3=N\O)O1. The highest BCUT2D eigenvalue weighted by atomic mass is 16.6. The molecule has 1 saturated heterocycles. The van der Waals surface area contributed by atoms with E-state index in [0.717, 1.165) is 48.3 Å². The van der Waals surface area contributed by atoms with Gasteiger partial charge in [0.05, 0.1) is 17.4 Å². The molecule has 0 bridgehead atoms. The fraction of sp³-hybridized carbons (Fsp3) is 0.562. The molecule has 2 aliphatic rings. The first-order chi connectivity index (χ1) is 9.59. The summed E-state index contributed by atoms with van der Waals surface area (Å²) in [5.41, 5.74) is 2.89. The Kier molecular flexibility index (Phi) is 3.42. The van der Waals surface area contributed by atoms with Crippen LogP contribution in [0.25, 0.3) is 0 Å². The molecule has 20 heavy (non-hydrogen) atoms. The third-order valence-electron chi connectivity index (χ3n) is 4.16. The van der Waals surface area contributed by atoms with Gasteiger partial charge in [0, 0.05) is 11.1 Å². The minimum Gasteiger partial charge on any atom is -0.491 e. The number of hydrogen-bond acceptors (Lipinski definition) is 4. The molecule has 4 nitrogen and oxygen atoms in total. The first kappa shape index (κ1) is 13.4. The van der Waals surface area contributed by atoms with Crippen LogP contribution < -0.4 is 4.74 Å². The molecule has 0 spiro atoms. The van der Waals surface area contributed by atoms with E-state index < -0.39 is 0 Å². The van der Waals surface area contributed by atoms with E-state index in [1.165, 1.54) is 0 Å². The van der Waals surface area contributed by atoms with Crippen molar-refractivity contribution in [1.29, 1.82) is 0 Å². The van der Waals surface area contributed by atoms with Gasteiger partial charge in [0.25, 0.3) is 0 Å². The summed E-state index contributed by atoms with van der Waals surface area (Å²) in [4.78, 5) is 0. The lowest BCUT2D eigenvalue weighted by Gasteiger charge is -2.20. The maximum atomic E-state index is 8.99. The Hall–Kier alpha value is -1.55. The second-order valence-corrected chi connectivity index (χ2v) is 6.18. The summed E-state index contributed by atoms with van der Waals surface area (Å²) in [7, 11) is 0. The molecular formula is C16H21NO3. The van der Waals surface area contributed by atoms with Crippen LogP contribution in [0.2, 0.25) is 0 Å². The fourth-order valence-corrected chi connectivity index (χ4v) is 3.09. The Morgan fingerprint density at radius 2 is 2.25 bits per heavy atom. The quantitative estimate of drug-likeness (QED) is 0.681. The van der Waals surface area contributed by atoms with Crippen LogP contribution >= 0.6 is 0 Å². The van der Waals surface area contributed by atoms with Gasteiger partial charge in [-0.15, -0.1) is 0 Å². The summed E-state index contributed by atoms with van der Waals surface area (Å²) in [5.74, 6) is 0.898. The van der Waals surface area contributed by atoms with E-state index in [9.17, 15) is 0 Å². The molecule has 0 amide bonds. The van der Waals surface area contributed by atoms with Crippen LogP contribution in [-0.4, -0.2) is 29.2 Å². The van der Waals surface area contributed by atoms with Gasteiger partial charge in [-0.05, 0) is 45.6 Å². The smallest absolute Gasteiger partial charge is 0.123 e. The molecule has 0 saturated carbocycles. The van der Waals surface area contributed by atoms with E-state index in [1.54, 1.807) is 0 Å². The summed E-state index contributed by atoms with van der Waals surface area (Å²) in [6.07, 6.45) is 3.95. The zero-order chi connectivity index (χ0) is 14.2. The molecule has 1 aromatic rings. The standard InChI is InChI=1S/C16H21NO3/c1-16(2)9-8-11(20-16)10-19-15-5-3-4-12-13(15)6-7-14(12)17-18/h3-5,11,18H,6-10H2,1-2H3/b17-14+. The summed E-state index contributed by atoms with van der Waals surface area (Å²) in [5, 5.41) is 12.4. The second kappa shape index (κ2) is 5.09. The molecule has 3 rings (SSSR count). The maximum absolute atomic E-state index is 8.99. The molecule has 1 aromatic carbocycles. The molecular weight excluding hydrogens is 254 g/mol. The predicted molar refractivity (Wildman–Crippen MR) is 76.8 cm³/mol. The van der Waals surface area contributed by atoms with E-state index in [4.69, 9.17) is 14.7 Å². The first-order valence-electron chi connectivity index (χ1n) is 7.23. The Morgan fingerprint density at radius 1 is 1.40 bits per heavy atom. The van der Waals surface area contributed by atoms with Gasteiger partial charge in [0.15, 0.2) is 0 Å². The normalized spacial score (nSPS) is 25.9. The highest BCUT2D eigenvalue weighted by molar-refractivity contribution is 6.04. The van der Waals surface area contributed by atoms with Crippen LogP contribution in [0.15, 0.2) is 23.4 Å². The van der Waals surface area contributed by atoms with E-state index in [2.05, 4.69) is 19.0 Å². The average Bonchev–Trinajstić information content (AvgIpc) is 2.99. The van der Waals surface area contributed by atoms with Gasteiger partial charge in [0.2, 0.25) is 0 Å². The van der Waals surface area contributed by atoms with Crippen molar-refractivity contribution in [3.05, 3.63) is 29.3 Å². The number of nitrogens with zero attached hydrogens (tertiary/aromatic N) is 1. The van der Waals surface area contributed by atoms with Gasteiger partial charge >= 0.3 is 0 Å². The second-order valence-electron chi connectivity index (χ2n) is 6.18. The summed E-state index contributed by atoms with van der Waals surface area (Å²) in [6.45, 7) is 4.83. The third-order valence-corrected chi connectivity index (χ3v) is 4.16. The van der Waals surface area contributed by atoms with Gasteiger partial charge < -0.3 is 14.7 Å². The van der Waals surface area contributed by atoms with E-state index in [-0.39, 0.29) is 11.7 Å². The molecule has 1 atom stereocenters. The number of rotatable bonds is 3. The van der Waals surface area contributed by atoms with Crippen LogP contribution in [0.4, 0.5) is 0 Å². The van der Waals surface area contributed by atoms with E-state index in [0.29, 0.717) is 6.61 Å². The highest BCUT2D eigenvalue weighted by Gasteiger charge is 2.32. The van der Waals surface area contributed by atoms with Gasteiger partial charge in [-0.25, -0.2) is 0 Å². The molecule has 108 valence electrons. The summed E-state index contributed by atoms with van der Waals surface area (Å²) < 4.78 is 11.9. The van der Waals surface area contributed by atoms with Crippen molar-refractivity contribution in [2.75, 3.05) is 6.61 Å². The molecule has 1 fully saturated rings. The van der Waals surface area contributed by atoms with Crippen molar-refractivity contribution < 1.29 is 14.7 Å². The molecule has 4 heteroatoms. The molecule has 1 aliphatic heterocycles. The maximum Gasteiger partial charge on any atom is 0.123 e. The fourth-order valence-electron chi connectivity index (χ4n) is 3.09. The monoisotopic (exact) mass is 275 g/mol. The number of benzene rings is 1. The Morgan fingerprint density at radius 3 is 2.95 bits per heavy atom. The average molecular weight is 275 g/mol. The van der Waals surface area contributed by atoms with Crippen molar-refractivity contribution in [1.82, 2.24) is 0 Å². The zero-order valence-corrected chi connectivity index (χ0v) is 12.1. The lowest BCUT2D eigenvalue weighted by atomic mass is 10.1. The molecule has 1 N–H and O–H groups in total. The lowest BCUT2D eigenvalue weighted by molar-refractivity contribution is -0.0327. The van der Waals surface area contributed by atoms with E-state index in [1.807, 2.05) is 18.2 Å². The van der Waals surface area contributed by atoms with Crippen LogP contribution in [-0.2, 0) is 11.2 Å². The van der Waals surface area contributed by atoms with Crippen molar-refractivity contribution in [3.63, 3.8) is 0 Å². The van der Waals surface area contributed by atoms with Crippen molar-refractivity contribution in [2.24, 2.45) is 5.16 Å². The van der Waals surface area contributed by atoms with Gasteiger partial charge in [0.1, 0.15) is 12.4 Å². The largest absolute Gasteiger partial charge is 0.491 e. The first-order valence-corrected chi connectivity index (χ1v) is 7.23. The molecule has 1 unspecified atom stereocenters. The summed E-state index contributed by atoms with van der Waals surface area (Å²) in [6, 6.07) is 5.92. The Balaban J connectivity index is 1.69. The number of ether oxygens (including phenoxy) is 2. The minimum atomic E-state index is -0.0244. The van der Waals surface area contributed by atoms with Crippen LogP contribution in [0, 0.1) is 0 Å². The van der Waals surface area contributed by atoms with Crippen molar-refractivity contribution >= 4 is 5.71 Å². The topological polar surface area (TPSA) is 51.0 Å². The van der Waals surface area contributed by atoms with Crippen LogP contribution in [0.5, 0.6) is 5.75 Å². The Bertz CT molecular complexity index is 537. The third kappa shape index (κ3) is 2.52. The number of fused-ring (bicyclic) bond motifs is 1. The molecule has 1 aliphatic carbocycles. The minimum absolute atomic E-state index is 0.0244. The lowest BCUT2D eigenvalue weighted by Crippen LogP contribution is -2.24. The molecule has 0 radical (unpaired) electrons. The molecule has 0 aromatic heterocycles. The predicted octanol–water partition coefficient (Wildman–Crippen LogP) is 3.15. The summed E-state index contributed by atoms with van der Waals surface area (Å²) >= 11 is 0. The zero-order valence-electron chi connectivity index (χ0n) is 12.1. The van der Waals surface area contributed by atoms with Crippen LogP contribution in [0.3, 0.4) is 0 Å².